The Morgan fingerprint density at radius 1 is 1.43 bits per heavy atom. The fourth-order valence-corrected chi connectivity index (χ4v) is 4.97. The molecule has 2 rings (SSSR count). The van der Waals surface area contributed by atoms with Crippen molar-refractivity contribution in [3.8, 4) is 0 Å². The minimum absolute atomic E-state index is 0.292. The quantitative estimate of drug-likeness (QED) is 0.808. The van der Waals surface area contributed by atoms with E-state index in [4.69, 9.17) is 0 Å². The van der Waals surface area contributed by atoms with Gasteiger partial charge in [-0.3, -0.25) is 0 Å². The number of nitrogens with one attached hydrogen (secondary N) is 2. The molecule has 1 atom stereocenters. The summed E-state index contributed by atoms with van der Waals surface area (Å²) in [6.45, 7) is 11.8. The molecule has 6 heteroatoms. The highest BCUT2D eigenvalue weighted by Gasteiger charge is 2.45. The molecule has 1 aliphatic carbocycles. The van der Waals surface area contributed by atoms with Crippen LogP contribution in [0.3, 0.4) is 0 Å². The summed E-state index contributed by atoms with van der Waals surface area (Å²) >= 11 is 1.37. The van der Waals surface area contributed by atoms with E-state index >= 15 is 0 Å². The average molecular weight is 331 g/mol. The molecule has 1 aromatic rings. The molecular formula is C15H26N2O2S2. The first kappa shape index (κ1) is 16.9. The number of hydrogen-bond donors (Lipinski definition) is 2. The van der Waals surface area contributed by atoms with Gasteiger partial charge in [-0.2, -0.15) is 0 Å². The molecule has 0 spiro atoms. The van der Waals surface area contributed by atoms with Crippen molar-refractivity contribution in [3.05, 3.63) is 16.5 Å². The van der Waals surface area contributed by atoms with Crippen molar-refractivity contribution in [2.45, 2.75) is 57.8 Å². The minimum atomic E-state index is -3.37. The third-order valence-corrected chi connectivity index (χ3v) is 7.31. The van der Waals surface area contributed by atoms with Crippen LogP contribution in [0.2, 0.25) is 0 Å². The van der Waals surface area contributed by atoms with E-state index in [0.717, 1.165) is 23.4 Å². The van der Waals surface area contributed by atoms with Crippen LogP contribution in [0.4, 0.5) is 0 Å². The Morgan fingerprint density at radius 2 is 2.05 bits per heavy atom. The van der Waals surface area contributed by atoms with Gasteiger partial charge in [-0.15, -0.1) is 11.3 Å². The van der Waals surface area contributed by atoms with Crippen molar-refractivity contribution in [2.24, 2.45) is 11.3 Å². The van der Waals surface area contributed by atoms with E-state index in [-0.39, 0.29) is 0 Å². The molecule has 1 aliphatic rings. The minimum Gasteiger partial charge on any atom is -0.310 e. The fourth-order valence-electron chi connectivity index (χ4n) is 2.30. The first-order valence-electron chi connectivity index (χ1n) is 7.44. The molecule has 0 amide bonds. The van der Waals surface area contributed by atoms with Gasteiger partial charge in [0.1, 0.15) is 4.21 Å². The molecule has 1 heterocycles. The van der Waals surface area contributed by atoms with Crippen LogP contribution in [-0.4, -0.2) is 21.0 Å². The summed E-state index contributed by atoms with van der Waals surface area (Å²) in [6, 6.07) is 2.17. The second kappa shape index (κ2) is 5.99. The van der Waals surface area contributed by atoms with Gasteiger partial charge in [-0.05, 0) is 36.3 Å². The van der Waals surface area contributed by atoms with Crippen LogP contribution < -0.4 is 10.0 Å². The topological polar surface area (TPSA) is 58.2 Å². The number of sulfonamides is 1. The van der Waals surface area contributed by atoms with Gasteiger partial charge in [0.15, 0.2) is 0 Å². The molecule has 21 heavy (non-hydrogen) atoms. The van der Waals surface area contributed by atoms with Crippen molar-refractivity contribution < 1.29 is 8.42 Å². The highest BCUT2D eigenvalue weighted by atomic mass is 32.2. The molecule has 1 unspecified atom stereocenters. The number of aryl methyl sites for hydroxylation is 1. The zero-order valence-electron chi connectivity index (χ0n) is 13.5. The van der Waals surface area contributed by atoms with Crippen molar-refractivity contribution in [1.29, 1.82) is 0 Å². The number of rotatable bonds is 7. The van der Waals surface area contributed by atoms with Crippen LogP contribution in [0, 0.1) is 18.3 Å². The average Bonchev–Trinajstić information content (AvgIpc) is 2.78. The van der Waals surface area contributed by atoms with Crippen LogP contribution in [0.1, 0.15) is 44.6 Å². The van der Waals surface area contributed by atoms with Gasteiger partial charge >= 0.3 is 0 Å². The van der Waals surface area contributed by atoms with E-state index in [0.29, 0.717) is 28.1 Å². The second-order valence-electron chi connectivity index (χ2n) is 6.95. The Kier molecular flexibility index (Phi) is 4.83. The van der Waals surface area contributed by atoms with Crippen LogP contribution >= 0.6 is 11.3 Å². The maximum Gasteiger partial charge on any atom is 0.250 e. The van der Waals surface area contributed by atoms with E-state index in [1.807, 2.05) is 6.92 Å². The van der Waals surface area contributed by atoms with Crippen molar-refractivity contribution >= 4 is 21.4 Å². The summed E-state index contributed by atoms with van der Waals surface area (Å²) in [5.41, 5.74) is 1.33. The van der Waals surface area contributed by atoms with E-state index in [2.05, 4.69) is 37.7 Å². The number of thiophene rings is 1. The third kappa shape index (κ3) is 4.28. The summed E-state index contributed by atoms with van der Waals surface area (Å²) in [5.74, 6) is 0.468. The van der Waals surface area contributed by atoms with Crippen LogP contribution in [-0.2, 0) is 16.6 Å². The van der Waals surface area contributed by atoms with Gasteiger partial charge in [0.25, 0.3) is 0 Å². The molecule has 1 aromatic heterocycles. The molecule has 0 bridgehead atoms. The van der Waals surface area contributed by atoms with Crippen molar-refractivity contribution in [1.82, 2.24) is 10.0 Å². The first-order valence-corrected chi connectivity index (χ1v) is 9.74. The van der Waals surface area contributed by atoms with Crippen LogP contribution in [0.15, 0.2) is 10.3 Å². The van der Waals surface area contributed by atoms with E-state index < -0.39 is 10.0 Å². The molecule has 2 N–H and O–H groups in total. The van der Waals surface area contributed by atoms with Gasteiger partial charge in [-0.1, -0.05) is 27.7 Å². The highest BCUT2D eigenvalue weighted by molar-refractivity contribution is 7.91. The zero-order valence-corrected chi connectivity index (χ0v) is 15.1. The number of hydrogen-bond acceptors (Lipinski definition) is 4. The van der Waals surface area contributed by atoms with Crippen LogP contribution in [0.5, 0.6) is 0 Å². The normalized spacial score (nSPS) is 21.0. The summed E-state index contributed by atoms with van der Waals surface area (Å²) < 4.78 is 27.9. The molecule has 4 nitrogen and oxygen atoms in total. The van der Waals surface area contributed by atoms with Gasteiger partial charge in [-0.25, -0.2) is 13.1 Å². The SMILES string of the molecule is Cc1cc(S(=O)(=O)NCC2CC2(C)C)sc1CNC(C)C. The van der Waals surface area contributed by atoms with Gasteiger partial charge in [0.2, 0.25) is 10.0 Å². The summed E-state index contributed by atoms with van der Waals surface area (Å²) in [4.78, 5) is 1.09. The summed E-state index contributed by atoms with van der Waals surface area (Å²) in [6.07, 6.45) is 1.10. The van der Waals surface area contributed by atoms with E-state index in [1.54, 1.807) is 6.07 Å². The summed E-state index contributed by atoms with van der Waals surface area (Å²) in [5, 5.41) is 3.33. The predicted octanol–water partition coefficient (Wildman–Crippen LogP) is 2.88. The Labute approximate surface area is 132 Å². The molecule has 0 aliphatic heterocycles. The Hall–Kier alpha value is -0.430. The van der Waals surface area contributed by atoms with Gasteiger partial charge in [0.05, 0.1) is 0 Å². The van der Waals surface area contributed by atoms with Crippen LogP contribution in [0.25, 0.3) is 0 Å². The molecule has 0 radical (unpaired) electrons. The molecule has 120 valence electrons. The van der Waals surface area contributed by atoms with E-state index in [9.17, 15) is 8.42 Å². The Balaban J connectivity index is 2.01. The zero-order chi connectivity index (χ0) is 15.8. The molecule has 0 saturated heterocycles. The monoisotopic (exact) mass is 330 g/mol. The lowest BCUT2D eigenvalue weighted by atomic mass is 10.1. The standard InChI is InChI=1S/C15H26N2O2S2/c1-10(2)16-9-13-11(3)6-14(20-13)21(18,19)17-8-12-7-15(12,4)5/h6,10,12,16-17H,7-9H2,1-5H3. The lowest BCUT2D eigenvalue weighted by molar-refractivity contribution is 0.538. The van der Waals surface area contributed by atoms with Gasteiger partial charge in [0, 0.05) is 24.0 Å². The van der Waals surface area contributed by atoms with Gasteiger partial charge < -0.3 is 5.32 Å². The Morgan fingerprint density at radius 3 is 2.57 bits per heavy atom. The maximum absolute atomic E-state index is 12.4. The maximum atomic E-state index is 12.4. The predicted molar refractivity (Wildman–Crippen MR) is 88.1 cm³/mol. The molecular weight excluding hydrogens is 304 g/mol. The largest absolute Gasteiger partial charge is 0.310 e. The lowest BCUT2D eigenvalue weighted by Crippen LogP contribution is -2.26. The molecule has 1 fully saturated rings. The Bertz CT molecular complexity index is 603. The first-order chi connectivity index (χ1) is 9.62. The van der Waals surface area contributed by atoms with Crippen molar-refractivity contribution in [3.63, 3.8) is 0 Å². The smallest absolute Gasteiger partial charge is 0.250 e. The lowest BCUT2D eigenvalue weighted by Gasteiger charge is -2.07. The third-order valence-electron chi connectivity index (χ3n) is 4.17. The van der Waals surface area contributed by atoms with Crippen molar-refractivity contribution in [2.75, 3.05) is 6.54 Å². The summed E-state index contributed by atoms with van der Waals surface area (Å²) in [7, 11) is -3.37. The second-order valence-corrected chi connectivity index (χ2v) is 10.1. The molecule has 0 aromatic carbocycles. The molecule has 1 saturated carbocycles. The highest BCUT2D eigenvalue weighted by Crippen LogP contribution is 2.51. The van der Waals surface area contributed by atoms with E-state index in [1.165, 1.54) is 11.3 Å². The fraction of sp³-hybridized carbons (Fsp3) is 0.733.